The molecule has 0 amide bonds. The molecule has 0 aromatic carbocycles. The molecule has 0 bridgehead atoms. The van der Waals surface area contributed by atoms with Crippen molar-refractivity contribution in [1.82, 2.24) is 0 Å². The fraction of sp³-hybridized carbons (Fsp3) is 1.00. The Morgan fingerprint density at radius 1 is 1.36 bits per heavy atom. The minimum absolute atomic E-state index is 0.170. The van der Waals surface area contributed by atoms with E-state index in [4.69, 9.17) is 15.2 Å². The highest BCUT2D eigenvalue weighted by atomic mass is 16.5. The second-order valence-electron chi connectivity index (χ2n) is 4.66. The van der Waals surface area contributed by atoms with Gasteiger partial charge in [-0.15, -0.1) is 0 Å². The summed E-state index contributed by atoms with van der Waals surface area (Å²) in [6.45, 7) is 8.52. The molecule has 0 heterocycles. The van der Waals surface area contributed by atoms with Crippen molar-refractivity contribution in [1.29, 1.82) is 0 Å². The number of nitrogens with two attached hydrogens (primary N) is 1. The molecule has 2 N–H and O–H groups in total. The third-order valence-electron chi connectivity index (χ3n) is 3.14. The Morgan fingerprint density at radius 3 is 2.57 bits per heavy atom. The first-order valence-electron chi connectivity index (χ1n) is 5.53. The summed E-state index contributed by atoms with van der Waals surface area (Å²) in [6.07, 6.45) is 2.47. The van der Waals surface area contributed by atoms with Crippen molar-refractivity contribution in [3.05, 3.63) is 0 Å². The molecule has 1 aliphatic carbocycles. The molecular weight excluding hydrogens is 178 g/mol. The van der Waals surface area contributed by atoms with Crippen molar-refractivity contribution in [2.45, 2.75) is 45.8 Å². The Labute approximate surface area is 86.9 Å². The van der Waals surface area contributed by atoms with Gasteiger partial charge in [0, 0.05) is 12.6 Å². The lowest BCUT2D eigenvalue weighted by Gasteiger charge is -2.26. The van der Waals surface area contributed by atoms with Crippen LogP contribution in [0.5, 0.6) is 0 Å². The molecule has 0 spiro atoms. The van der Waals surface area contributed by atoms with Crippen molar-refractivity contribution in [3.8, 4) is 0 Å². The van der Waals surface area contributed by atoms with Gasteiger partial charge in [0.05, 0.1) is 19.3 Å². The van der Waals surface area contributed by atoms with E-state index in [0.717, 1.165) is 19.4 Å². The highest BCUT2D eigenvalue weighted by Crippen LogP contribution is 2.37. The average Bonchev–Trinajstić information content (AvgIpc) is 2.39. The molecule has 1 aliphatic rings. The van der Waals surface area contributed by atoms with Crippen LogP contribution in [0.25, 0.3) is 0 Å². The van der Waals surface area contributed by atoms with Gasteiger partial charge in [-0.2, -0.15) is 0 Å². The molecule has 0 aromatic rings. The summed E-state index contributed by atoms with van der Waals surface area (Å²) in [5, 5.41) is 0. The van der Waals surface area contributed by atoms with Gasteiger partial charge >= 0.3 is 0 Å². The lowest BCUT2D eigenvalue weighted by molar-refractivity contribution is -0.00148. The van der Waals surface area contributed by atoms with Crippen molar-refractivity contribution >= 4 is 0 Å². The number of ether oxygens (including phenoxy) is 2. The Hall–Kier alpha value is -0.120. The first kappa shape index (κ1) is 12.0. The van der Waals surface area contributed by atoms with E-state index in [2.05, 4.69) is 13.8 Å². The fourth-order valence-electron chi connectivity index (χ4n) is 1.95. The van der Waals surface area contributed by atoms with E-state index in [-0.39, 0.29) is 17.6 Å². The second-order valence-corrected chi connectivity index (χ2v) is 4.66. The first-order chi connectivity index (χ1) is 6.58. The second kappa shape index (κ2) is 5.10. The molecule has 0 aliphatic heterocycles. The van der Waals surface area contributed by atoms with Crippen molar-refractivity contribution < 1.29 is 9.47 Å². The molecule has 0 aromatic heterocycles. The normalized spacial score (nSPS) is 30.9. The number of hydrogen-bond acceptors (Lipinski definition) is 3. The predicted molar refractivity (Wildman–Crippen MR) is 57.2 cm³/mol. The van der Waals surface area contributed by atoms with Crippen LogP contribution in [0.3, 0.4) is 0 Å². The minimum atomic E-state index is 0.170. The maximum atomic E-state index is 6.11. The summed E-state index contributed by atoms with van der Waals surface area (Å²) in [5.41, 5.74) is 6.34. The third kappa shape index (κ3) is 2.94. The summed E-state index contributed by atoms with van der Waals surface area (Å²) < 4.78 is 10.9. The van der Waals surface area contributed by atoms with Crippen LogP contribution < -0.4 is 5.73 Å². The quantitative estimate of drug-likeness (QED) is 0.686. The van der Waals surface area contributed by atoms with Gasteiger partial charge in [0.25, 0.3) is 0 Å². The van der Waals surface area contributed by atoms with Crippen LogP contribution in [0.15, 0.2) is 0 Å². The van der Waals surface area contributed by atoms with Crippen LogP contribution in [0.2, 0.25) is 0 Å². The topological polar surface area (TPSA) is 44.5 Å². The molecule has 2 atom stereocenters. The molecule has 0 radical (unpaired) electrons. The summed E-state index contributed by atoms with van der Waals surface area (Å²) in [5.74, 6) is 0. The molecule has 3 nitrogen and oxygen atoms in total. The fourth-order valence-corrected chi connectivity index (χ4v) is 1.95. The molecule has 0 saturated heterocycles. The molecule has 84 valence electrons. The van der Waals surface area contributed by atoms with Crippen LogP contribution >= 0.6 is 0 Å². The van der Waals surface area contributed by atoms with E-state index < -0.39 is 0 Å². The van der Waals surface area contributed by atoms with Crippen LogP contribution in [-0.2, 0) is 9.47 Å². The van der Waals surface area contributed by atoms with E-state index in [0.29, 0.717) is 13.2 Å². The van der Waals surface area contributed by atoms with Crippen LogP contribution in [0.4, 0.5) is 0 Å². The average molecular weight is 201 g/mol. The van der Waals surface area contributed by atoms with Crippen molar-refractivity contribution in [2.75, 3.05) is 19.8 Å². The first-order valence-corrected chi connectivity index (χ1v) is 5.53. The van der Waals surface area contributed by atoms with E-state index in [9.17, 15) is 0 Å². The highest BCUT2D eigenvalue weighted by molar-refractivity contribution is 4.94. The molecule has 1 fully saturated rings. The van der Waals surface area contributed by atoms with Gasteiger partial charge in [-0.3, -0.25) is 0 Å². The monoisotopic (exact) mass is 201 g/mol. The molecule has 1 saturated carbocycles. The van der Waals surface area contributed by atoms with Gasteiger partial charge in [-0.05, 0) is 25.2 Å². The smallest absolute Gasteiger partial charge is 0.0732 e. The Bertz CT molecular complexity index is 171. The predicted octanol–water partition coefficient (Wildman–Crippen LogP) is 1.56. The number of rotatable bonds is 5. The van der Waals surface area contributed by atoms with Gasteiger partial charge in [0.2, 0.25) is 0 Å². The Kier molecular flexibility index (Phi) is 4.35. The third-order valence-corrected chi connectivity index (χ3v) is 3.14. The van der Waals surface area contributed by atoms with E-state index in [1.807, 2.05) is 6.92 Å². The van der Waals surface area contributed by atoms with Gasteiger partial charge < -0.3 is 15.2 Å². The zero-order valence-corrected chi connectivity index (χ0v) is 9.58. The lowest BCUT2D eigenvalue weighted by atomic mass is 9.88. The van der Waals surface area contributed by atoms with Gasteiger partial charge in [-0.25, -0.2) is 0 Å². The Balaban J connectivity index is 2.20. The molecule has 1 rings (SSSR count). The van der Waals surface area contributed by atoms with Crippen LogP contribution in [0, 0.1) is 5.41 Å². The van der Waals surface area contributed by atoms with Gasteiger partial charge in [0.15, 0.2) is 0 Å². The molecular formula is C11H23NO2. The van der Waals surface area contributed by atoms with E-state index in [1.165, 1.54) is 0 Å². The maximum Gasteiger partial charge on any atom is 0.0732 e. The molecule has 14 heavy (non-hydrogen) atoms. The summed E-state index contributed by atoms with van der Waals surface area (Å²) in [4.78, 5) is 0. The lowest BCUT2D eigenvalue weighted by Crippen LogP contribution is -2.41. The van der Waals surface area contributed by atoms with Crippen LogP contribution in [-0.4, -0.2) is 32.0 Å². The largest absolute Gasteiger partial charge is 0.379 e. The van der Waals surface area contributed by atoms with Gasteiger partial charge in [0.1, 0.15) is 0 Å². The van der Waals surface area contributed by atoms with Crippen molar-refractivity contribution in [3.63, 3.8) is 0 Å². The molecule has 3 heteroatoms. The standard InChI is InChI=1S/C11H23NO2/c1-4-13-7-8-14-9-5-6-11(2,3)10(9)12/h9-10H,4-8,12H2,1-3H3. The van der Waals surface area contributed by atoms with Crippen LogP contribution in [0.1, 0.15) is 33.6 Å². The zero-order chi connectivity index (χ0) is 10.6. The van der Waals surface area contributed by atoms with Gasteiger partial charge in [-0.1, -0.05) is 13.8 Å². The summed E-state index contributed by atoms with van der Waals surface area (Å²) in [7, 11) is 0. The maximum absolute atomic E-state index is 6.11. The van der Waals surface area contributed by atoms with E-state index in [1.54, 1.807) is 0 Å². The number of hydrogen-bond donors (Lipinski definition) is 1. The minimum Gasteiger partial charge on any atom is -0.379 e. The highest BCUT2D eigenvalue weighted by Gasteiger charge is 2.39. The summed E-state index contributed by atoms with van der Waals surface area (Å²) in [6, 6.07) is 0.170. The zero-order valence-electron chi connectivity index (χ0n) is 9.58. The van der Waals surface area contributed by atoms with E-state index >= 15 is 0 Å². The SMILES string of the molecule is CCOCCOC1CCC(C)(C)C1N. The Morgan fingerprint density at radius 2 is 2.07 bits per heavy atom. The van der Waals surface area contributed by atoms with Crippen molar-refractivity contribution in [2.24, 2.45) is 11.1 Å². The molecule has 2 unspecified atom stereocenters. The summed E-state index contributed by atoms with van der Waals surface area (Å²) >= 11 is 0.